The van der Waals surface area contributed by atoms with Gasteiger partial charge in [-0.2, -0.15) is 0 Å². The van der Waals surface area contributed by atoms with Crippen molar-refractivity contribution in [2.45, 2.75) is 18.3 Å². The van der Waals surface area contributed by atoms with Gasteiger partial charge in [-0.3, -0.25) is 0 Å². The SMILES string of the molecule is O=CCC1c2ccccc2C2CNCC12. The van der Waals surface area contributed by atoms with Gasteiger partial charge in [-0.15, -0.1) is 0 Å². The van der Waals surface area contributed by atoms with E-state index < -0.39 is 0 Å². The van der Waals surface area contributed by atoms with Crippen LogP contribution in [-0.4, -0.2) is 19.4 Å². The Labute approximate surface area is 89.7 Å². The molecule has 0 aromatic heterocycles. The molecule has 1 aliphatic carbocycles. The predicted octanol–water partition coefficient (Wildman–Crippen LogP) is 1.68. The summed E-state index contributed by atoms with van der Waals surface area (Å²) in [4.78, 5) is 10.7. The highest BCUT2D eigenvalue weighted by atomic mass is 16.1. The number of fused-ring (bicyclic) bond motifs is 3. The van der Waals surface area contributed by atoms with Crippen LogP contribution in [0.5, 0.6) is 0 Å². The van der Waals surface area contributed by atoms with Crippen LogP contribution in [0.1, 0.15) is 29.4 Å². The Morgan fingerprint density at radius 1 is 1.27 bits per heavy atom. The van der Waals surface area contributed by atoms with Crippen molar-refractivity contribution < 1.29 is 4.79 Å². The average molecular weight is 201 g/mol. The number of hydrogen-bond donors (Lipinski definition) is 1. The number of rotatable bonds is 2. The number of hydrogen-bond acceptors (Lipinski definition) is 2. The van der Waals surface area contributed by atoms with Gasteiger partial charge in [-0.1, -0.05) is 24.3 Å². The molecular formula is C13H15NO. The molecule has 0 spiro atoms. The first kappa shape index (κ1) is 9.10. The quantitative estimate of drug-likeness (QED) is 0.737. The minimum absolute atomic E-state index is 0.457. The Morgan fingerprint density at radius 2 is 2.07 bits per heavy atom. The minimum atomic E-state index is 0.457. The van der Waals surface area contributed by atoms with Gasteiger partial charge in [0, 0.05) is 18.9 Å². The van der Waals surface area contributed by atoms with E-state index in [9.17, 15) is 4.79 Å². The van der Waals surface area contributed by atoms with Crippen molar-refractivity contribution in [2.24, 2.45) is 5.92 Å². The Hall–Kier alpha value is -1.15. The zero-order valence-corrected chi connectivity index (χ0v) is 8.65. The largest absolute Gasteiger partial charge is 0.316 e. The molecule has 3 atom stereocenters. The predicted molar refractivity (Wildman–Crippen MR) is 59.0 cm³/mol. The lowest BCUT2D eigenvalue weighted by atomic mass is 9.88. The van der Waals surface area contributed by atoms with E-state index in [2.05, 4.69) is 29.6 Å². The van der Waals surface area contributed by atoms with E-state index in [-0.39, 0.29) is 0 Å². The number of carbonyl (C=O) groups excluding carboxylic acids is 1. The second-order valence-electron chi connectivity index (χ2n) is 4.57. The highest BCUT2D eigenvalue weighted by Crippen LogP contribution is 2.49. The first-order valence-electron chi connectivity index (χ1n) is 5.65. The van der Waals surface area contributed by atoms with Gasteiger partial charge in [-0.05, 0) is 29.5 Å². The van der Waals surface area contributed by atoms with Gasteiger partial charge in [-0.25, -0.2) is 0 Å². The van der Waals surface area contributed by atoms with Crippen molar-refractivity contribution in [3.8, 4) is 0 Å². The van der Waals surface area contributed by atoms with Crippen molar-refractivity contribution in [3.05, 3.63) is 35.4 Å². The number of carbonyl (C=O) groups is 1. The monoisotopic (exact) mass is 201 g/mol. The van der Waals surface area contributed by atoms with Crippen molar-refractivity contribution in [1.82, 2.24) is 5.32 Å². The van der Waals surface area contributed by atoms with E-state index in [0.29, 0.717) is 24.2 Å². The van der Waals surface area contributed by atoms with Gasteiger partial charge in [0.25, 0.3) is 0 Å². The zero-order chi connectivity index (χ0) is 10.3. The van der Waals surface area contributed by atoms with Crippen LogP contribution >= 0.6 is 0 Å². The van der Waals surface area contributed by atoms with Crippen molar-refractivity contribution >= 4 is 6.29 Å². The van der Waals surface area contributed by atoms with Crippen LogP contribution in [0.2, 0.25) is 0 Å². The number of aldehydes is 1. The molecule has 0 radical (unpaired) electrons. The molecule has 0 amide bonds. The molecule has 1 N–H and O–H groups in total. The fraction of sp³-hybridized carbons (Fsp3) is 0.462. The molecule has 1 saturated heterocycles. The van der Waals surface area contributed by atoms with Crippen LogP contribution < -0.4 is 5.32 Å². The first-order chi connectivity index (χ1) is 7.42. The molecule has 2 heteroatoms. The lowest BCUT2D eigenvalue weighted by Crippen LogP contribution is -2.15. The molecule has 3 rings (SSSR count). The second kappa shape index (κ2) is 3.46. The normalized spacial score (nSPS) is 32.4. The summed E-state index contributed by atoms with van der Waals surface area (Å²) in [5, 5.41) is 3.44. The summed E-state index contributed by atoms with van der Waals surface area (Å²) in [5.74, 6) is 1.75. The highest BCUT2D eigenvalue weighted by molar-refractivity contribution is 5.54. The van der Waals surface area contributed by atoms with Gasteiger partial charge < -0.3 is 10.1 Å². The Balaban J connectivity index is 2.05. The van der Waals surface area contributed by atoms with E-state index in [1.165, 1.54) is 11.1 Å². The zero-order valence-electron chi connectivity index (χ0n) is 8.65. The van der Waals surface area contributed by atoms with E-state index in [1.807, 2.05) is 0 Å². The van der Waals surface area contributed by atoms with Crippen LogP contribution in [0.3, 0.4) is 0 Å². The highest BCUT2D eigenvalue weighted by Gasteiger charge is 2.42. The fourth-order valence-corrected chi connectivity index (χ4v) is 3.28. The fourth-order valence-electron chi connectivity index (χ4n) is 3.28. The summed E-state index contributed by atoms with van der Waals surface area (Å²) in [7, 11) is 0. The van der Waals surface area contributed by atoms with Crippen LogP contribution in [0.4, 0.5) is 0 Å². The smallest absolute Gasteiger partial charge is 0.120 e. The topological polar surface area (TPSA) is 29.1 Å². The average Bonchev–Trinajstić information content (AvgIpc) is 2.82. The Morgan fingerprint density at radius 3 is 2.87 bits per heavy atom. The summed E-state index contributed by atoms with van der Waals surface area (Å²) < 4.78 is 0. The summed E-state index contributed by atoms with van der Waals surface area (Å²) in [6, 6.07) is 8.62. The van der Waals surface area contributed by atoms with Gasteiger partial charge in [0.2, 0.25) is 0 Å². The van der Waals surface area contributed by atoms with Gasteiger partial charge in [0.05, 0.1) is 0 Å². The van der Waals surface area contributed by atoms with E-state index in [1.54, 1.807) is 0 Å². The van der Waals surface area contributed by atoms with E-state index in [0.717, 1.165) is 19.4 Å². The molecule has 2 nitrogen and oxygen atoms in total. The molecule has 0 saturated carbocycles. The summed E-state index contributed by atoms with van der Waals surface area (Å²) >= 11 is 0. The van der Waals surface area contributed by atoms with Crippen LogP contribution in [-0.2, 0) is 4.79 Å². The standard InChI is InChI=1S/C13H15NO/c15-6-5-11-9-3-1-2-4-10(9)12-7-14-8-13(11)12/h1-4,6,11-14H,5,7-8H2. The van der Waals surface area contributed by atoms with Gasteiger partial charge in [0.15, 0.2) is 0 Å². The molecule has 1 fully saturated rings. The van der Waals surface area contributed by atoms with Gasteiger partial charge in [0.1, 0.15) is 6.29 Å². The Kier molecular flexibility index (Phi) is 2.10. The first-order valence-corrected chi connectivity index (χ1v) is 5.65. The number of nitrogens with one attached hydrogen (secondary N) is 1. The molecular weight excluding hydrogens is 186 g/mol. The summed E-state index contributed by atoms with van der Waals surface area (Å²) in [6.45, 7) is 2.15. The maximum atomic E-state index is 10.7. The minimum Gasteiger partial charge on any atom is -0.316 e. The van der Waals surface area contributed by atoms with E-state index in [4.69, 9.17) is 0 Å². The second-order valence-corrected chi connectivity index (χ2v) is 4.57. The molecule has 3 unspecified atom stereocenters. The number of benzene rings is 1. The van der Waals surface area contributed by atoms with E-state index >= 15 is 0 Å². The van der Waals surface area contributed by atoms with Crippen molar-refractivity contribution in [3.63, 3.8) is 0 Å². The maximum absolute atomic E-state index is 10.7. The van der Waals surface area contributed by atoms with Crippen molar-refractivity contribution in [1.29, 1.82) is 0 Å². The molecule has 0 bridgehead atoms. The van der Waals surface area contributed by atoms with Crippen LogP contribution in [0, 0.1) is 5.92 Å². The third kappa shape index (κ3) is 1.25. The molecule has 1 heterocycles. The van der Waals surface area contributed by atoms with Gasteiger partial charge >= 0.3 is 0 Å². The summed E-state index contributed by atoms with van der Waals surface area (Å²) in [6.07, 6.45) is 1.75. The molecule has 1 aliphatic heterocycles. The summed E-state index contributed by atoms with van der Waals surface area (Å²) in [5.41, 5.74) is 2.89. The molecule has 1 aromatic carbocycles. The molecule has 2 aliphatic rings. The molecule has 15 heavy (non-hydrogen) atoms. The third-order valence-electron chi connectivity index (χ3n) is 3.92. The molecule has 1 aromatic rings. The lowest BCUT2D eigenvalue weighted by Gasteiger charge is -2.15. The van der Waals surface area contributed by atoms with Crippen molar-refractivity contribution in [2.75, 3.05) is 13.1 Å². The third-order valence-corrected chi connectivity index (χ3v) is 3.92. The Bertz CT molecular complexity index is 388. The lowest BCUT2D eigenvalue weighted by molar-refractivity contribution is -0.108. The molecule has 78 valence electrons. The van der Waals surface area contributed by atoms with Crippen LogP contribution in [0.15, 0.2) is 24.3 Å². The maximum Gasteiger partial charge on any atom is 0.120 e. The van der Waals surface area contributed by atoms with Crippen LogP contribution in [0.25, 0.3) is 0 Å².